The molecule has 0 aromatic carbocycles. The van der Waals surface area contributed by atoms with Crippen molar-refractivity contribution in [2.45, 2.75) is 102 Å². The van der Waals surface area contributed by atoms with Crippen molar-refractivity contribution in [1.29, 1.82) is 0 Å². The minimum Gasteiger partial charge on any atom is -0.425 e. The Balaban J connectivity index is 5.10. The van der Waals surface area contributed by atoms with Crippen molar-refractivity contribution < 1.29 is 79.8 Å². The second-order valence-corrected chi connectivity index (χ2v) is 31.2. The summed E-state index contributed by atoms with van der Waals surface area (Å²) in [6.45, 7) is 12.4. The van der Waals surface area contributed by atoms with Gasteiger partial charge in [-0.15, -0.1) is 0 Å². The number of nitrogens with zero attached hydrogens (tertiary/aromatic N) is 2. The molecule has 5 atom stereocenters. The summed E-state index contributed by atoms with van der Waals surface area (Å²) < 4.78 is 122. The van der Waals surface area contributed by atoms with Crippen LogP contribution < -0.4 is 0 Å². The Morgan fingerprint density at radius 2 is 0.983 bits per heavy atom. The normalized spacial score (nSPS) is 18.1. The summed E-state index contributed by atoms with van der Waals surface area (Å²) in [7, 11) is -12.7. The van der Waals surface area contributed by atoms with Gasteiger partial charge < -0.3 is 53.9 Å². The van der Waals surface area contributed by atoms with Crippen molar-refractivity contribution in [2.24, 2.45) is 0 Å². The van der Waals surface area contributed by atoms with Crippen molar-refractivity contribution in [1.82, 2.24) is 9.80 Å². The smallest absolute Gasteiger partial charge is 0.425 e. The third kappa shape index (κ3) is 29.9. The van der Waals surface area contributed by atoms with E-state index in [0.717, 1.165) is 0 Å². The third-order valence-corrected chi connectivity index (χ3v) is 28.6. The lowest BCUT2D eigenvalue weighted by Crippen LogP contribution is -2.45. The highest BCUT2D eigenvalue weighted by atomic mass is 32.2. The maximum atomic E-state index is 11.4. The molecule has 5 unspecified atom stereocenters. The van der Waals surface area contributed by atoms with Crippen LogP contribution in [0.15, 0.2) is 0 Å². The lowest BCUT2D eigenvalue weighted by atomic mass is 10.2. The van der Waals surface area contributed by atoms with Gasteiger partial charge in [-0.05, 0) is 59.5 Å². The van der Waals surface area contributed by atoms with Gasteiger partial charge in [0.2, 0.25) is 0 Å². The largest absolute Gasteiger partial charge is 0.468 e. The zero-order valence-corrected chi connectivity index (χ0v) is 51.4. The first kappa shape index (κ1) is 60.0. The number of rotatable bonds is 41. The highest BCUT2D eigenvalue weighted by molar-refractivity contribution is 7.86. The third-order valence-electron chi connectivity index (χ3n) is 9.30. The first-order valence-corrected chi connectivity index (χ1v) is 34.6. The lowest BCUT2D eigenvalue weighted by Gasteiger charge is -2.32. The van der Waals surface area contributed by atoms with E-state index in [1.165, 1.54) is 0 Å². The zero-order chi connectivity index (χ0) is 45.0. The summed E-state index contributed by atoms with van der Waals surface area (Å²) in [6.07, 6.45) is -0.381. The molecule has 0 spiro atoms. The quantitative estimate of drug-likeness (QED) is 0.0253. The molecule has 20 nitrogen and oxygen atoms in total. The second-order valence-electron chi connectivity index (χ2n) is 14.4. The van der Waals surface area contributed by atoms with Crippen molar-refractivity contribution in [3.8, 4) is 0 Å². The molecule has 0 radical (unpaired) electrons. The summed E-state index contributed by atoms with van der Waals surface area (Å²) >= 11 is 0. The van der Waals surface area contributed by atoms with Crippen molar-refractivity contribution in [2.75, 3.05) is 83.9 Å². The summed E-state index contributed by atoms with van der Waals surface area (Å²) in [6, 6.07) is 0.868. The zero-order valence-electron chi connectivity index (χ0n) is 37.0. The highest BCUT2D eigenvalue weighted by Gasteiger charge is 2.36. The van der Waals surface area contributed by atoms with Gasteiger partial charge in [0.15, 0.2) is 0 Å². The van der Waals surface area contributed by atoms with Gasteiger partial charge in [0, 0.05) is 50.5 Å². The standard InChI is InChI=1S/C29H78N2O18S2Si8/c1-25(30(10-6-14-50(34,35)36)18-28(32)23-40-12-8-16-58(44-52,45-53)48-56-4)20-42-22-27(3)43-21-26(2)31(11-7-15-51(37,38)39)19-29(33)24-41-13-9-17-59(46-54,47-55)49-57-5/h25-29,32-33H,6-24,56-57H2,1-5,52-55H3,(H,34,35,36)(H,37,38,39). The molecule has 59 heavy (non-hydrogen) atoms. The Bertz CT molecular complexity index is 1270. The fourth-order valence-electron chi connectivity index (χ4n) is 6.11. The van der Waals surface area contributed by atoms with Gasteiger partial charge in [-0.25, -0.2) is 0 Å². The van der Waals surface area contributed by atoms with Gasteiger partial charge in [0.1, 0.15) is 61.5 Å². The van der Waals surface area contributed by atoms with E-state index >= 15 is 0 Å². The summed E-state index contributed by atoms with van der Waals surface area (Å²) in [5.74, 6) is -0.821. The molecule has 0 rings (SSSR count). The molecule has 0 fully saturated rings. The van der Waals surface area contributed by atoms with Crippen LogP contribution in [0.3, 0.4) is 0 Å². The molecule has 356 valence electrons. The topological polar surface area (TPSA) is 248 Å². The number of ether oxygens (including phenoxy) is 4. The molecule has 0 saturated heterocycles. The first-order valence-electron chi connectivity index (χ1n) is 20.3. The van der Waals surface area contributed by atoms with Gasteiger partial charge in [-0.1, -0.05) is 13.1 Å². The fourth-order valence-corrected chi connectivity index (χ4v) is 26.7. The van der Waals surface area contributed by atoms with E-state index in [4.69, 9.17) is 43.6 Å². The van der Waals surface area contributed by atoms with E-state index in [1.807, 2.05) is 43.7 Å². The predicted octanol–water partition coefficient (Wildman–Crippen LogP) is -5.76. The van der Waals surface area contributed by atoms with E-state index < -0.39 is 81.1 Å². The molecule has 0 amide bonds. The van der Waals surface area contributed by atoms with E-state index in [1.54, 1.807) is 0 Å². The van der Waals surface area contributed by atoms with Crippen LogP contribution in [0.1, 0.15) is 46.5 Å². The molecule has 0 aromatic rings. The molecule has 0 bridgehead atoms. The van der Waals surface area contributed by atoms with Crippen LogP contribution in [0.2, 0.25) is 25.2 Å². The van der Waals surface area contributed by atoms with Gasteiger partial charge in [-0.3, -0.25) is 18.9 Å². The SMILES string of the molecule is C[SiH2]O[Si](CCCOCC(O)CN(CCCS(=O)(=O)O)C(C)COCC(C)OCC(C)N(CCCS(=O)(=O)O)CC(O)COCCC[Si](O[SiH3])(O[SiH3])O[SiH2]C)(O[SiH3])O[SiH3]. The summed E-state index contributed by atoms with van der Waals surface area (Å²) in [5, 5.41) is 21.6. The fraction of sp³-hybridized carbons (Fsp3) is 1.00. The van der Waals surface area contributed by atoms with Crippen molar-refractivity contribution in [3.63, 3.8) is 0 Å². The van der Waals surface area contributed by atoms with Crippen LogP contribution in [-0.4, -0.2) is 239 Å². The van der Waals surface area contributed by atoms with Crippen molar-refractivity contribution in [3.05, 3.63) is 0 Å². The Morgan fingerprint density at radius 3 is 1.34 bits per heavy atom. The lowest BCUT2D eigenvalue weighted by molar-refractivity contribution is -0.0487. The van der Waals surface area contributed by atoms with Gasteiger partial charge >= 0.3 is 17.6 Å². The highest BCUT2D eigenvalue weighted by Crippen LogP contribution is 2.17. The van der Waals surface area contributed by atoms with E-state index in [2.05, 4.69) is 0 Å². The van der Waals surface area contributed by atoms with E-state index in [0.29, 0.717) is 86.6 Å². The maximum Gasteiger partial charge on any atom is 0.468 e. The van der Waals surface area contributed by atoms with Crippen LogP contribution in [0.4, 0.5) is 0 Å². The number of hydrogen-bond donors (Lipinski definition) is 4. The molecular weight excluding hydrogens is 953 g/mol. The molecule has 0 aliphatic carbocycles. The van der Waals surface area contributed by atoms with E-state index in [-0.39, 0.29) is 83.7 Å². The molecular formula is C29H78N2O18S2Si8. The van der Waals surface area contributed by atoms with Crippen LogP contribution in [0.25, 0.3) is 0 Å². The minimum absolute atomic E-state index is 0.0762. The monoisotopic (exact) mass is 1030 g/mol. The number of hydrogen-bond acceptors (Lipinski definition) is 18. The van der Waals surface area contributed by atoms with Crippen LogP contribution in [0.5, 0.6) is 0 Å². The molecule has 0 aliphatic heterocycles. The molecule has 0 saturated carbocycles. The average Bonchev–Trinajstić information content (AvgIpc) is 3.17. The van der Waals surface area contributed by atoms with Crippen LogP contribution >= 0.6 is 0 Å². The van der Waals surface area contributed by atoms with Gasteiger partial charge in [0.25, 0.3) is 20.2 Å². The first-order chi connectivity index (χ1) is 27.7. The molecule has 0 aliphatic rings. The minimum atomic E-state index is -4.15. The average molecular weight is 1030 g/mol. The Hall–Kier alpha value is 0.995. The molecule has 0 aromatic heterocycles. The molecule has 4 N–H and O–H groups in total. The second kappa shape index (κ2) is 33.5. The maximum absolute atomic E-state index is 11.4. The number of aliphatic hydroxyl groups excluding tert-OH is 2. The summed E-state index contributed by atoms with van der Waals surface area (Å²) in [4.78, 5) is 3.80. The molecule has 30 heteroatoms. The van der Waals surface area contributed by atoms with Crippen LogP contribution in [0, 0.1) is 0 Å². The van der Waals surface area contributed by atoms with Crippen molar-refractivity contribution >= 4 is 99.3 Å². The van der Waals surface area contributed by atoms with Gasteiger partial charge in [-0.2, -0.15) is 16.8 Å². The Morgan fingerprint density at radius 1 is 0.593 bits per heavy atom. The van der Waals surface area contributed by atoms with Gasteiger partial charge in [0.05, 0.1) is 62.9 Å². The summed E-state index contributed by atoms with van der Waals surface area (Å²) in [5.41, 5.74) is 0. The van der Waals surface area contributed by atoms with Crippen LogP contribution in [-0.2, 0) is 63.9 Å². The Labute approximate surface area is 373 Å². The predicted molar refractivity (Wildman–Crippen MR) is 249 cm³/mol. The van der Waals surface area contributed by atoms with E-state index in [9.17, 15) is 36.2 Å². The Kier molecular flexibility index (Phi) is 34.0. The molecule has 0 heterocycles. The number of aliphatic hydroxyl groups is 2.